The summed E-state index contributed by atoms with van der Waals surface area (Å²) in [6, 6.07) is 0. The van der Waals surface area contributed by atoms with Gasteiger partial charge in [0.05, 0.1) is 6.61 Å². The SMILES string of the molecule is C/C(=C\N(C)C)C(=O)C1CCOC1. The van der Waals surface area contributed by atoms with Gasteiger partial charge in [-0.25, -0.2) is 0 Å². The van der Waals surface area contributed by atoms with E-state index in [1.54, 1.807) is 0 Å². The highest BCUT2D eigenvalue weighted by Crippen LogP contribution is 2.17. The van der Waals surface area contributed by atoms with E-state index in [2.05, 4.69) is 0 Å². The minimum Gasteiger partial charge on any atom is -0.383 e. The maximum absolute atomic E-state index is 11.7. The van der Waals surface area contributed by atoms with Crippen LogP contribution in [0.4, 0.5) is 0 Å². The minimum absolute atomic E-state index is 0.0937. The molecule has 1 unspecified atom stereocenters. The Kier molecular flexibility index (Phi) is 3.48. The summed E-state index contributed by atoms with van der Waals surface area (Å²) in [6.45, 7) is 3.18. The van der Waals surface area contributed by atoms with Crippen LogP contribution in [0.5, 0.6) is 0 Å². The summed E-state index contributed by atoms with van der Waals surface area (Å²) in [4.78, 5) is 13.6. The number of ketones is 1. The van der Waals surface area contributed by atoms with Crippen molar-refractivity contribution < 1.29 is 9.53 Å². The van der Waals surface area contributed by atoms with Gasteiger partial charge in [0.15, 0.2) is 5.78 Å². The number of carbonyl (C=O) groups is 1. The largest absolute Gasteiger partial charge is 0.383 e. The van der Waals surface area contributed by atoms with E-state index in [4.69, 9.17) is 4.74 Å². The summed E-state index contributed by atoms with van der Waals surface area (Å²) in [5, 5.41) is 0. The third-order valence-electron chi connectivity index (χ3n) is 2.14. The molecule has 1 fully saturated rings. The average Bonchev–Trinajstić information content (AvgIpc) is 2.53. The topological polar surface area (TPSA) is 29.5 Å². The lowest BCUT2D eigenvalue weighted by Gasteiger charge is -2.10. The maximum Gasteiger partial charge on any atom is 0.165 e. The lowest BCUT2D eigenvalue weighted by molar-refractivity contribution is -0.119. The van der Waals surface area contributed by atoms with Crippen LogP contribution >= 0.6 is 0 Å². The van der Waals surface area contributed by atoms with Crippen LogP contribution in [0.2, 0.25) is 0 Å². The summed E-state index contributed by atoms with van der Waals surface area (Å²) < 4.78 is 5.17. The van der Waals surface area contributed by atoms with E-state index in [1.807, 2.05) is 32.1 Å². The van der Waals surface area contributed by atoms with Gasteiger partial charge in [-0.2, -0.15) is 0 Å². The molecule has 1 rings (SSSR count). The van der Waals surface area contributed by atoms with Gasteiger partial charge >= 0.3 is 0 Å². The molecular weight excluding hydrogens is 166 g/mol. The lowest BCUT2D eigenvalue weighted by Crippen LogP contribution is -2.17. The molecule has 1 heterocycles. The van der Waals surface area contributed by atoms with Crippen molar-refractivity contribution in [1.29, 1.82) is 0 Å². The second kappa shape index (κ2) is 4.42. The summed E-state index contributed by atoms with van der Waals surface area (Å²) in [5.41, 5.74) is 0.820. The van der Waals surface area contributed by atoms with E-state index < -0.39 is 0 Å². The van der Waals surface area contributed by atoms with E-state index in [0.717, 1.165) is 18.6 Å². The molecule has 1 atom stereocenters. The molecule has 0 radical (unpaired) electrons. The van der Waals surface area contributed by atoms with Crippen LogP contribution in [-0.2, 0) is 9.53 Å². The van der Waals surface area contributed by atoms with Gasteiger partial charge < -0.3 is 9.64 Å². The lowest BCUT2D eigenvalue weighted by atomic mass is 9.98. The molecule has 1 aliphatic heterocycles. The molecule has 0 bridgehead atoms. The first kappa shape index (κ1) is 10.3. The predicted molar refractivity (Wildman–Crippen MR) is 51.4 cm³/mol. The molecule has 0 aromatic rings. The first-order valence-corrected chi connectivity index (χ1v) is 4.58. The van der Waals surface area contributed by atoms with Crippen LogP contribution in [0.25, 0.3) is 0 Å². The van der Waals surface area contributed by atoms with E-state index in [0.29, 0.717) is 6.61 Å². The molecule has 13 heavy (non-hydrogen) atoms. The molecule has 0 saturated carbocycles. The maximum atomic E-state index is 11.7. The fourth-order valence-electron chi connectivity index (χ4n) is 1.51. The van der Waals surface area contributed by atoms with Gasteiger partial charge in [0.25, 0.3) is 0 Å². The number of allylic oxidation sites excluding steroid dienone is 1. The van der Waals surface area contributed by atoms with E-state index in [1.165, 1.54) is 0 Å². The van der Waals surface area contributed by atoms with Crippen molar-refractivity contribution in [3.8, 4) is 0 Å². The standard InChI is InChI=1S/C10H17NO2/c1-8(6-11(2)3)10(12)9-4-5-13-7-9/h6,9H,4-5,7H2,1-3H3/b8-6+. The third-order valence-corrected chi connectivity index (χ3v) is 2.14. The fourth-order valence-corrected chi connectivity index (χ4v) is 1.51. The second-order valence-corrected chi connectivity index (χ2v) is 3.70. The van der Waals surface area contributed by atoms with Gasteiger partial charge in [0, 0.05) is 38.4 Å². The van der Waals surface area contributed by atoms with Gasteiger partial charge in [-0.15, -0.1) is 0 Å². The van der Waals surface area contributed by atoms with Crippen molar-refractivity contribution in [2.24, 2.45) is 5.92 Å². The summed E-state index contributed by atoms with van der Waals surface area (Å²) >= 11 is 0. The molecule has 1 aliphatic rings. The molecule has 0 aromatic carbocycles. The molecular formula is C10H17NO2. The van der Waals surface area contributed by atoms with Gasteiger partial charge in [-0.1, -0.05) is 0 Å². The average molecular weight is 183 g/mol. The van der Waals surface area contributed by atoms with Crippen molar-refractivity contribution in [2.45, 2.75) is 13.3 Å². The second-order valence-electron chi connectivity index (χ2n) is 3.70. The van der Waals surface area contributed by atoms with Gasteiger partial charge in [-0.05, 0) is 13.3 Å². The smallest absolute Gasteiger partial charge is 0.165 e. The minimum atomic E-state index is 0.0937. The molecule has 3 nitrogen and oxygen atoms in total. The monoisotopic (exact) mass is 183 g/mol. The number of nitrogens with zero attached hydrogens (tertiary/aromatic N) is 1. The summed E-state index contributed by atoms with van der Waals surface area (Å²) in [5.74, 6) is 0.322. The predicted octanol–water partition coefficient (Wildman–Crippen LogP) is 1.06. The van der Waals surface area contributed by atoms with Crippen LogP contribution in [0.3, 0.4) is 0 Å². The Balaban J connectivity index is 2.55. The van der Waals surface area contributed by atoms with E-state index in [-0.39, 0.29) is 11.7 Å². The molecule has 0 aliphatic carbocycles. The number of Topliss-reactive ketones (excluding diaryl/α,β-unsaturated/α-hetero) is 1. The zero-order valence-corrected chi connectivity index (χ0v) is 8.54. The normalized spacial score (nSPS) is 23.3. The quantitative estimate of drug-likeness (QED) is 0.613. The van der Waals surface area contributed by atoms with Crippen molar-refractivity contribution in [1.82, 2.24) is 4.90 Å². The van der Waals surface area contributed by atoms with Crippen LogP contribution < -0.4 is 0 Å². The Morgan fingerprint density at radius 2 is 2.23 bits per heavy atom. The number of rotatable bonds is 3. The zero-order valence-electron chi connectivity index (χ0n) is 8.54. The van der Waals surface area contributed by atoms with Gasteiger partial charge in [0.2, 0.25) is 0 Å². The molecule has 0 amide bonds. The van der Waals surface area contributed by atoms with Crippen LogP contribution in [0.15, 0.2) is 11.8 Å². The van der Waals surface area contributed by atoms with Crippen LogP contribution in [-0.4, -0.2) is 38.0 Å². The fraction of sp³-hybridized carbons (Fsp3) is 0.700. The molecule has 0 spiro atoms. The van der Waals surface area contributed by atoms with Crippen LogP contribution in [0.1, 0.15) is 13.3 Å². The Labute approximate surface area is 79.4 Å². The Morgan fingerprint density at radius 3 is 2.69 bits per heavy atom. The molecule has 74 valence electrons. The van der Waals surface area contributed by atoms with Crippen molar-refractivity contribution in [2.75, 3.05) is 27.3 Å². The Bertz CT molecular complexity index is 215. The number of hydrogen-bond acceptors (Lipinski definition) is 3. The molecule has 0 N–H and O–H groups in total. The Morgan fingerprint density at radius 1 is 1.54 bits per heavy atom. The Hall–Kier alpha value is -0.830. The van der Waals surface area contributed by atoms with Crippen molar-refractivity contribution in [3.63, 3.8) is 0 Å². The first-order valence-electron chi connectivity index (χ1n) is 4.58. The highest BCUT2D eigenvalue weighted by molar-refractivity contribution is 5.96. The van der Waals surface area contributed by atoms with Gasteiger partial charge in [0.1, 0.15) is 0 Å². The highest BCUT2D eigenvalue weighted by atomic mass is 16.5. The van der Waals surface area contributed by atoms with Crippen LogP contribution in [0, 0.1) is 5.92 Å². The zero-order chi connectivity index (χ0) is 9.84. The molecule has 1 saturated heterocycles. The summed E-state index contributed by atoms with van der Waals surface area (Å²) in [7, 11) is 3.84. The van der Waals surface area contributed by atoms with Gasteiger partial charge in [-0.3, -0.25) is 4.79 Å². The number of carbonyl (C=O) groups excluding carboxylic acids is 1. The van der Waals surface area contributed by atoms with Crippen molar-refractivity contribution in [3.05, 3.63) is 11.8 Å². The summed E-state index contributed by atoms with van der Waals surface area (Å²) in [6.07, 6.45) is 2.73. The number of hydrogen-bond donors (Lipinski definition) is 0. The van der Waals surface area contributed by atoms with E-state index in [9.17, 15) is 4.79 Å². The van der Waals surface area contributed by atoms with Crippen molar-refractivity contribution >= 4 is 5.78 Å². The first-order chi connectivity index (χ1) is 6.11. The third kappa shape index (κ3) is 2.84. The van der Waals surface area contributed by atoms with E-state index >= 15 is 0 Å². The highest BCUT2D eigenvalue weighted by Gasteiger charge is 2.24. The molecule has 0 aromatic heterocycles. The molecule has 3 heteroatoms. The number of ether oxygens (including phenoxy) is 1.